The largest absolute Gasteiger partial charge is 0.455 e. The van der Waals surface area contributed by atoms with E-state index in [-0.39, 0.29) is 18.7 Å². The monoisotopic (exact) mass is 425 g/mol. The van der Waals surface area contributed by atoms with Crippen LogP contribution in [0.5, 0.6) is 0 Å². The van der Waals surface area contributed by atoms with Crippen LogP contribution in [0.2, 0.25) is 15.9 Å². The van der Waals surface area contributed by atoms with Crippen molar-refractivity contribution < 1.29 is 19.6 Å². The van der Waals surface area contributed by atoms with Crippen molar-refractivity contribution in [1.29, 1.82) is 0 Å². The first kappa shape index (κ1) is 21.7. The summed E-state index contributed by atoms with van der Waals surface area (Å²) in [6, 6.07) is 6.42. The van der Waals surface area contributed by atoms with Crippen molar-refractivity contribution in [1.82, 2.24) is 0 Å². The Kier molecular flexibility index (Phi) is 8.07. The van der Waals surface area contributed by atoms with Gasteiger partial charge in [-0.3, -0.25) is 9.59 Å². The van der Waals surface area contributed by atoms with E-state index in [0.717, 1.165) is 11.6 Å². The van der Waals surface area contributed by atoms with Crippen LogP contribution in [0.4, 0.5) is 5.69 Å². The molecule has 2 N–H and O–H groups in total. The number of ketones is 1. The Morgan fingerprint density at radius 1 is 1.26 bits per heavy atom. The molecule has 0 aliphatic carbocycles. The summed E-state index contributed by atoms with van der Waals surface area (Å²) in [5.74, 6) is -1.48. The Balaban J connectivity index is 2.14. The fraction of sp³-hybridized carbons (Fsp3) is 0.222. The van der Waals surface area contributed by atoms with Gasteiger partial charge in [0.25, 0.3) is 5.91 Å². The van der Waals surface area contributed by atoms with Crippen LogP contribution in [0.15, 0.2) is 47.7 Å². The van der Waals surface area contributed by atoms with E-state index < -0.39 is 18.8 Å². The van der Waals surface area contributed by atoms with Gasteiger partial charge in [0.05, 0.1) is 6.54 Å². The molecule has 0 saturated carbocycles. The first-order valence-electron chi connectivity index (χ1n) is 8.09. The molecule has 0 aliphatic heterocycles. The van der Waals surface area contributed by atoms with Gasteiger partial charge < -0.3 is 14.9 Å². The quantitative estimate of drug-likeness (QED) is 0.475. The molecular weight excluding hydrogens is 408 g/mol. The van der Waals surface area contributed by atoms with Gasteiger partial charge in [-0.2, -0.15) is 11.3 Å². The van der Waals surface area contributed by atoms with Crippen molar-refractivity contribution in [3.8, 4) is 0 Å². The minimum Gasteiger partial charge on any atom is -0.427 e. The van der Waals surface area contributed by atoms with Gasteiger partial charge >= 0.3 is 7.12 Å². The van der Waals surface area contributed by atoms with E-state index in [1.165, 1.54) is 34.4 Å². The molecule has 1 heterocycles. The fourth-order valence-electron chi connectivity index (χ4n) is 2.63. The Hall–Kier alpha value is -1.64. The van der Waals surface area contributed by atoms with E-state index in [2.05, 4.69) is 6.58 Å². The molecule has 0 unspecified atom stereocenters. The normalized spacial score (nSPS) is 11.7. The number of hydrogen-bond donors (Lipinski definition) is 2. The van der Waals surface area contributed by atoms with Crippen molar-refractivity contribution in [2.24, 2.45) is 0 Å². The molecule has 1 aromatic heterocycles. The van der Waals surface area contributed by atoms with E-state index in [0.29, 0.717) is 22.2 Å². The summed E-state index contributed by atoms with van der Waals surface area (Å²) in [6.45, 7) is 3.20. The molecule has 9 heteroatoms. The number of thiophene rings is 1. The summed E-state index contributed by atoms with van der Waals surface area (Å²) in [7, 11) is -1.64. The maximum absolute atomic E-state index is 12.5. The van der Waals surface area contributed by atoms with Crippen LogP contribution in [0.3, 0.4) is 0 Å². The van der Waals surface area contributed by atoms with Crippen LogP contribution in [0.1, 0.15) is 12.0 Å². The number of Topliss-reactive ketones (excluding diaryl/α,β-unsaturated/α-hetero) is 1. The molecular formula is C18H18BCl2NO4S. The van der Waals surface area contributed by atoms with Crippen molar-refractivity contribution in [2.75, 3.05) is 11.4 Å². The second-order valence-corrected chi connectivity index (χ2v) is 7.66. The van der Waals surface area contributed by atoms with Crippen LogP contribution in [-0.2, 0) is 16.0 Å². The molecule has 1 atom stereocenters. The molecule has 2 aromatic rings. The van der Waals surface area contributed by atoms with E-state index in [1.54, 1.807) is 0 Å². The van der Waals surface area contributed by atoms with Gasteiger partial charge in [-0.15, -0.1) is 0 Å². The molecule has 1 aromatic carbocycles. The molecule has 0 bridgehead atoms. The average molecular weight is 426 g/mol. The first-order valence-corrected chi connectivity index (χ1v) is 9.79. The number of carbonyl (C=O) groups excluding carboxylic acids is 2. The molecule has 0 radical (unpaired) electrons. The van der Waals surface area contributed by atoms with Crippen molar-refractivity contribution in [2.45, 2.75) is 18.7 Å². The van der Waals surface area contributed by atoms with E-state index in [4.69, 9.17) is 23.2 Å². The number of nitrogens with zero attached hydrogens (tertiary/aromatic N) is 1. The number of carbonyl (C=O) groups is 2. The van der Waals surface area contributed by atoms with Gasteiger partial charge in [0.1, 0.15) is 0 Å². The summed E-state index contributed by atoms with van der Waals surface area (Å²) in [6.07, 6.45) is 1.35. The third-order valence-electron chi connectivity index (χ3n) is 3.92. The highest BCUT2D eigenvalue weighted by Crippen LogP contribution is 2.27. The second-order valence-electron chi connectivity index (χ2n) is 6.01. The van der Waals surface area contributed by atoms with Crippen molar-refractivity contribution in [3.63, 3.8) is 0 Å². The van der Waals surface area contributed by atoms with Gasteiger partial charge in [0, 0.05) is 28.0 Å². The number of hydrogen-bond acceptors (Lipinski definition) is 5. The molecule has 142 valence electrons. The van der Waals surface area contributed by atoms with E-state index in [9.17, 15) is 19.6 Å². The minimum atomic E-state index is -1.64. The lowest BCUT2D eigenvalue weighted by Gasteiger charge is -2.22. The highest BCUT2D eigenvalue weighted by Gasteiger charge is 2.28. The zero-order valence-electron chi connectivity index (χ0n) is 14.3. The summed E-state index contributed by atoms with van der Waals surface area (Å²) < 4.78 is 0. The number of rotatable bonds is 9. The van der Waals surface area contributed by atoms with Gasteiger partial charge in [0.2, 0.25) is 0 Å². The summed E-state index contributed by atoms with van der Waals surface area (Å²) in [5, 5.41) is 23.7. The van der Waals surface area contributed by atoms with Crippen LogP contribution in [-0.4, -0.2) is 35.4 Å². The van der Waals surface area contributed by atoms with E-state index in [1.807, 2.05) is 16.8 Å². The van der Waals surface area contributed by atoms with Crippen molar-refractivity contribution in [3.05, 3.63) is 63.3 Å². The Morgan fingerprint density at radius 3 is 2.44 bits per heavy atom. The van der Waals surface area contributed by atoms with E-state index >= 15 is 0 Å². The Bertz CT molecular complexity index is 793. The third-order valence-corrected chi connectivity index (χ3v) is 5.09. The average Bonchev–Trinajstić information content (AvgIpc) is 3.10. The zero-order valence-corrected chi connectivity index (χ0v) is 16.7. The highest BCUT2D eigenvalue weighted by molar-refractivity contribution is 7.07. The molecule has 0 spiro atoms. The first-order chi connectivity index (χ1) is 12.8. The van der Waals surface area contributed by atoms with Crippen LogP contribution in [0, 0.1) is 0 Å². The SMILES string of the molecule is C=CC(=O)N(CC(=O)C[C@@H](Cc1ccsc1)B(O)O)c1cc(Cl)cc(Cl)c1. The van der Waals surface area contributed by atoms with Crippen LogP contribution < -0.4 is 4.90 Å². The number of anilines is 1. The van der Waals surface area contributed by atoms with Gasteiger partial charge in [-0.1, -0.05) is 29.8 Å². The third kappa shape index (κ3) is 6.48. The lowest BCUT2D eigenvalue weighted by molar-refractivity contribution is -0.120. The standard InChI is InChI=1S/C18H18BCl2NO4S/c1-2-18(24)22(16-8-14(20)7-15(21)9-16)10-17(23)6-13(19(25)26)5-12-3-4-27-11-12/h2-4,7-9,11,13,25-26H,1,5-6,10H2/t13-/m1/s1. The summed E-state index contributed by atoms with van der Waals surface area (Å²) in [5.41, 5.74) is 1.29. The smallest absolute Gasteiger partial charge is 0.427 e. The highest BCUT2D eigenvalue weighted by atomic mass is 35.5. The predicted molar refractivity (Wildman–Crippen MR) is 111 cm³/mol. The maximum Gasteiger partial charge on any atom is 0.455 e. The lowest BCUT2D eigenvalue weighted by Crippen LogP contribution is -2.36. The number of halogens is 2. The van der Waals surface area contributed by atoms with Gasteiger partial charge in [-0.05, 0) is 53.1 Å². The molecule has 0 fully saturated rings. The summed E-state index contributed by atoms with van der Waals surface area (Å²) >= 11 is 13.5. The second kappa shape index (κ2) is 10.1. The molecule has 0 saturated heterocycles. The molecule has 0 aliphatic rings. The predicted octanol–water partition coefficient (Wildman–Crippen LogP) is 3.62. The molecule has 27 heavy (non-hydrogen) atoms. The number of benzene rings is 1. The van der Waals surface area contributed by atoms with Gasteiger partial charge in [0.15, 0.2) is 5.78 Å². The molecule has 5 nitrogen and oxygen atoms in total. The maximum atomic E-state index is 12.5. The fourth-order valence-corrected chi connectivity index (χ4v) is 3.83. The van der Waals surface area contributed by atoms with Crippen LogP contribution >= 0.6 is 34.5 Å². The summed E-state index contributed by atoms with van der Waals surface area (Å²) in [4.78, 5) is 26.0. The van der Waals surface area contributed by atoms with Crippen LogP contribution in [0.25, 0.3) is 0 Å². The Labute approximate surface area is 172 Å². The number of amides is 1. The molecule has 1 amide bonds. The minimum absolute atomic E-state index is 0.0945. The molecule has 2 rings (SSSR count). The lowest BCUT2D eigenvalue weighted by atomic mass is 9.67. The zero-order chi connectivity index (χ0) is 20.0. The topological polar surface area (TPSA) is 77.8 Å². The Morgan fingerprint density at radius 2 is 1.93 bits per heavy atom. The van der Waals surface area contributed by atoms with Gasteiger partial charge in [-0.25, -0.2) is 0 Å². The van der Waals surface area contributed by atoms with Crippen molar-refractivity contribution >= 4 is 59.0 Å².